The lowest BCUT2D eigenvalue weighted by Crippen LogP contribution is -2.14. The molecule has 0 atom stereocenters. The third-order valence-electron chi connectivity index (χ3n) is 3.98. The largest absolute Gasteiger partial charge is 0.457 e. The number of anilines is 1. The maximum Gasteiger partial charge on any atom is 0.416 e. The second kappa shape index (κ2) is 7.72. The van der Waals surface area contributed by atoms with E-state index in [9.17, 15) is 18.0 Å². The zero-order valence-electron chi connectivity index (χ0n) is 15.2. The number of hydrogen-bond donors (Lipinski definition) is 1. The van der Waals surface area contributed by atoms with Crippen molar-refractivity contribution in [1.29, 1.82) is 0 Å². The molecule has 3 aromatic rings. The SMILES string of the molecule is Cc1ccc(C(=O)Nc2cccc(Oc3ccc(C(F)(F)F)cc3)c2)c(C)n1. The Morgan fingerprint density at radius 1 is 0.964 bits per heavy atom. The second-order valence-electron chi connectivity index (χ2n) is 6.19. The Labute approximate surface area is 160 Å². The highest BCUT2D eigenvalue weighted by Gasteiger charge is 2.30. The molecule has 4 nitrogen and oxygen atoms in total. The summed E-state index contributed by atoms with van der Waals surface area (Å²) >= 11 is 0. The normalized spacial score (nSPS) is 11.2. The monoisotopic (exact) mass is 386 g/mol. The first kappa shape index (κ1) is 19.4. The quantitative estimate of drug-likeness (QED) is 0.620. The summed E-state index contributed by atoms with van der Waals surface area (Å²) < 4.78 is 43.5. The van der Waals surface area contributed by atoms with E-state index in [0.717, 1.165) is 17.8 Å². The fourth-order valence-corrected chi connectivity index (χ4v) is 2.61. The molecular formula is C21H17F3N2O2. The summed E-state index contributed by atoms with van der Waals surface area (Å²) in [5.41, 5.74) is 1.65. The molecule has 0 radical (unpaired) electrons. The Hall–Kier alpha value is -3.35. The lowest BCUT2D eigenvalue weighted by molar-refractivity contribution is -0.137. The third kappa shape index (κ3) is 4.68. The summed E-state index contributed by atoms with van der Waals surface area (Å²) in [6.45, 7) is 3.60. The molecule has 1 aromatic heterocycles. The molecule has 28 heavy (non-hydrogen) atoms. The minimum absolute atomic E-state index is 0.259. The van der Waals surface area contributed by atoms with Gasteiger partial charge >= 0.3 is 6.18 Å². The highest BCUT2D eigenvalue weighted by atomic mass is 19.4. The summed E-state index contributed by atoms with van der Waals surface area (Å²) in [6.07, 6.45) is -4.40. The minimum atomic E-state index is -4.40. The molecule has 1 N–H and O–H groups in total. The van der Waals surface area contributed by atoms with E-state index in [1.807, 2.05) is 6.92 Å². The van der Waals surface area contributed by atoms with Gasteiger partial charge in [0.1, 0.15) is 11.5 Å². The molecule has 0 aliphatic carbocycles. The van der Waals surface area contributed by atoms with Gasteiger partial charge in [-0.15, -0.1) is 0 Å². The van der Waals surface area contributed by atoms with Gasteiger partial charge < -0.3 is 10.1 Å². The highest BCUT2D eigenvalue weighted by molar-refractivity contribution is 6.05. The molecule has 1 heterocycles. The number of aryl methyl sites for hydroxylation is 2. The Morgan fingerprint density at radius 2 is 1.68 bits per heavy atom. The van der Waals surface area contributed by atoms with Gasteiger partial charge in [-0.2, -0.15) is 13.2 Å². The molecular weight excluding hydrogens is 369 g/mol. The van der Waals surface area contributed by atoms with E-state index in [-0.39, 0.29) is 11.7 Å². The van der Waals surface area contributed by atoms with Gasteiger partial charge in [-0.3, -0.25) is 9.78 Å². The predicted octanol–water partition coefficient (Wildman–Crippen LogP) is 5.76. The van der Waals surface area contributed by atoms with Crippen LogP contribution in [0.1, 0.15) is 27.3 Å². The summed E-state index contributed by atoms with van der Waals surface area (Å²) in [4.78, 5) is 16.7. The van der Waals surface area contributed by atoms with Crippen molar-refractivity contribution in [3.8, 4) is 11.5 Å². The van der Waals surface area contributed by atoms with Crippen molar-refractivity contribution in [1.82, 2.24) is 4.98 Å². The number of carbonyl (C=O) groups is 1. The number of pyridine rings is 1. The number of ether oxygens (including phenoxy) is 1. The average Bonchev–Trinajstić information content (AvgIpc) is 2.61. The topological polar surface area (TPSA) is 51.2 Å². The summed E-state index contributed by atoms with van der Waals surface area (Å²) in [7, 11) is 0. The van der Waals surface area contributed by atoms with Crippen molar-refractivity contribution in [2.24, 2.45) is 0 Å². The van der Waals surface area contributed by atoms with E-state index in [1.54, 1.807) is 43.3 Å². The molecule has 144 valence electrons. The number of nitrogens with zero attached hydrogens (tertiary/aromatic N) is 1. The zero-order valence-corrected chi connectivity index (χ0v) is 15.2. The van der Waals surface area contributed by atoms with Gasteiger partial charge in [-0.25, -0.2) is 0 Å². The van der Waals surface area contributed by atoms with Crippen LogP contribution in [0.2, 0.25) is 0 Å². The lowest BCUT2D eigenvalue weighted by atomic mass is 10.1. The molecule has 0 saturated carbocycles. The van der Waals surface area contributed by atoms with Crippen LogP contribution in [0.4, 0.5) is 18.9 Å². The summed E-state index contributed by atoms with van der Waals surface area (Å²) in [5, 5.41) is 2.77. The molecule has 0 fully saturated rings. The van der Waals surface area contributed by atoms with Gasteiger partial charge in [0.05, 0.1) is 16.8 Å². The number of benzene rings is 2. The van der Waals surface area contributed by atoms with Gasteiger partial charge in [0.2, 0.25) is 0 Å². The van der Waals surface area contributed by atoms with Crippen LogP contribution in [0.5, 0.6) is 11.5 Å². The first-order chi connectivity index (χ1) is 13.2. The third-order valence-corrected chi connectivity index (χ3v) is 3.98. The standard InChI is InChI=1S/C21H17F3N2O2/c1-13-6-11-19(14(2)25-13)20(27)26-16-4-3-5-18(12-16)28-17-9-7-15(8-10-17)21(22,23)24/h3-12H,1-2H3,(H,26,27). The first-order valence-electron chi connectivity index (χ1n) is 8.43. The minimum Gasteiger partial charge on any atom is -0.457 e. The number of halogens is 3. The summed E-state index contributed by atoms with van der Waals surface area (Å²) in [5.74, 6) is 0.336. The number of hydrogen-bond acceptors (Lipinski definition) is 3. The van der Waals surface area contributed by atoms with Crippen molar-refractivity contribution in [3.63, 3.8) is 0 Å². The lowest BCUT2D eigenvalue weighted by Gasteiger charge is -2.11. The van der Waals surface area contributed by atoms with E-state index < -0.39 is 11.7 Å². The molecule has 3 rings (SSSR count). The Bertz CT molecular complexity index is 999. The van der Waals surface area contributed by atoms with Gasteiger partial charge in [0.25, 0.3) is 5.91 Å². The fraction of sp³-hybridized carbons (Fsp3) is 0.143. The molecule has 0 saturated heterocycles. The number of amides is 1. The number of nitrogens with one attached hydrogen (secondary N) is 1. The average molecular weight is 386 g/mol. The van der Waals surface area contributed by atoms with Crippen LogP contribution >= 0.6 is 0 Å². The van der Waals surface area contributed by atoms with Crippen molar-refractivity contribution >= 4 is 11.6 Å². The number of rotatable bonds is 4. The van der Waals surface area contributed by atoms with Crippen molar-refractivity contribution < 1.29 is 22.7 Å². The zero-order chi connectivity index (χ0) is 20.3. The van der Waals surface area contributed by atoms with Crippen LogP contribution in [0.25, 0.3) is 0 Å². The predicted molar refractivity (Wildman–Crippen MR) is 99.6 cm³/mol. The number of carbonyl (C=O) groups excluding carboxylic acids is 1. The second-order valence-corrected chi connectivity index (χ2v) is 6.19. The van der Waals surface area contributed by atoms with E-state index >= 15 is 0 Å². The van der Waals surface area contributed by atoms with E-state index in [0.29, 0.717) is 22.7 Å². The van der Waals surface area contributed by atoms with Gasteiger partial charge in [-0.1, -0.05) is 6.07 Å². The fourth-order valence-electron chi connectivity index (χ4n) is 2.61. The molecule has 7 heteroatoms. The molecule has 0 aliphatic heterocycles. The van der Waals surface area contributed by atoms with Gasteiger partial charge in [-0.05, 0) is 62.4 Å². The molecule has 1 amide bonds. The first-order valence-corrected chi connectivity index (χ1v) is 8.43. The maximum atomic E-state index is 12.6. The Balaban J connectivity index is 1.72. The highest BCUT2D eigenvalue weighted by Crippen LogP contribution is 2.31. The van der Waals surface area contributed by atoms with Crippen LogP contribution in [-0.2, 0) is 6.18 Å². The molecule has 0 unspecified atom stereocenters. The van der Waals surface area contributed by atoms with Gasteiger partial charge in [0, 0.05) is 17.4 Å². The molecule has 0 aliphatic rings. The van der Waals surface area contributed by atoms with Gasteiger partial charge in [0.15, 0.2) is 0 Å². The summed E-state index contributed by atoms with van der Waals surface area (Å²) in [6, 6.07) is 14.5. The molecule has 0 bridgehead atoms. The van der Waals surface area contributed by atoms with E-state index in [2.05, 4.69) is 10.3 Å². The molecule has 0 spiro atoms. The molecule has 2 aromatic carbocycles. The van der Waals surface area contributed by atoms with Crippen molar-refractivity contribution in [2.45, 2.75) is 20.0 Å². The van der Waals surface area contributed by atoms with Crippen molar-refractivity contribution in [2.75, 3.05) is 5.32 Å². The van der Waals surface area contributed by atoms with Crippen molar-refractivity contribution in [3.05, 3.63) is 83.2 Å². The Morgan fingerprint density at radius 3 is 2.32 bits per heavy atom. The van der Waals surface area contributed by atoms with Crippen LogP contribution in [0.15, 0.2) is 60.7 Å². The Kier molecular flexibility index (Phi) is 5.35. The van der Waals surface area contributed by atoms with Crippen LogP contribution < -0.4 is 10.1 Å². The smallest absolute Gasteiger partial charge is 0.416 e. The maximum absolute atomic E-state index is 12.6. The van der Waals surface area contributed by atoms with Crippen LogP contribution in [-0.4, -0.2) is 10.9 Å². The van der Waals surface area contributed by atoms with E-state index in [1.165, 1.54) is 12.1 Å². The number of alkyl halides is 3. The number of aromatic nitrogens is 1. The van der Waals surface area contributed by atoms with E-state index in [4.69, 9.17) is 4.74 Å². The van der Waals surface area contributed by atoms with Crippen LogP contribution in [0, 0.1) is 13.8 Å². The van der Waals surface area contributed by atoms with Crippen LogP contribution in [0.3, 0.4) is 0 Å².